The SMILES string of the molecule is C[Si](C)(C)C1=C2C(=C([Si](C)(C)C)c3c2ccc2ccccc32)c2ccc3ccccc3c21. The highest BCUT2D eigenvalue weighted by molar-refractivity contribution is 6.99. The second-order valence-electron chi connectivity index (χ2n) is 11.4. The second kappa shape index (κ2) is 6.43. The summed E-state index contributed by atoms with van der Waals surface area (Å²) in [4.78, 5) is 0. The molecule has 0 heterocycles. The molecule has 0 N–H and O–H groups in total. The average molecular weight is 447 g/mol. The van der Waals surface area contributed by atoms with Crippen molar-refractivity contribution in [2.24, 2.45) is 0 Å². The zero-order valence-electron chi connectivity index (χ0n) is 19.9. The Labute approximate surface area is 193 Å². The van der Waals surface area contributed by atoms with Crippen LogP contribution in [0.4, 0.5) is 0 Å². The third kappa shape index (κ3) is 2.60. The lowest BCUT2D eigenvalue weighted by Gasteiger charge is -2.25. The van der Waals surface area contributed by atoms with E-state index in [1.54, 1.807) is 21.5 Å². The van der Waals surface area contributed by atoms with E-state index in [-0.39, 0.29) is 0 Å². The van der Waals surface area contributed by atoms with Crippen LogP contribution in [-0.2, 0) is 0 Å². The molecule has 0 saturated heterocycles. The predicted molar refractivity (Wildman–Crippen MR) is 148 cm³/mol. The van der Waals surface area contributed by atoms with Crippen molar-refractivity contribution in [2.45, 2.75) is 39.3 Å². The molecule has 0 saturated carbocycles. The first-order valence-electron chi connectivity index (χ1n) is 11.7. The van der Waals surface area contributed by atoms with Crippen LogP contribution in [0.3, 0.4) is 0 Å². The quantitative estimate of drug-likeness (QED) is 0.270. The second-order valence-corrected chi connectivity index (χ2v) is 21.4. The maximum atomic E-state index is 2.52. The van der Waals surface area contributed by atoms with E-state index in [4.69, 9.17) is 0 Å². The van der Waals surface area contributed by atoms with Crippen molar-refractivity contribution >= 4 is 59.2 Å². The van der Waals surface area contributed by atoms with Gasteiger partial charge in [-0.15, -0.1) is 0 Å². The highest BCUT2D eigenvalue weighted by Gasteiger charge is 2.44. The van der Waals surface area contributed by atoms with E-state index in [1.807, 2.05) is 0 Å². The fourth-order valence-corrected chi connectivity index (χ4v) is 10.1. The summed E-state index contributed by atoms with van der Waals surface area (Å²) in [6, 6.07) is 27.5. The first kappa shape index (κ1) is 20.0. The topological polar surface area (TPSA) is 0 Å². The number of hydrogen-bond donors (Lipinski definition) is 0. The largest absolute Gasteiger partial charge is 0.0792 e. The Hall–Kier alpha value is -2.69. The zero-order valence-corrected chi connectivity index (χ0v) is 21.9. The average Bonchev–Trinajstić information content (AvgIpc) is 3.26. The Morgan fingerprint density at radius 1 is 0.438 bits per heavy atom. The Morgan fingerprint density at radius 3 is 1.19 bits per heavy atom. The third-order valence-electron chi connectivity index (χ3n) is 7.15. The molecule has 0 nitrogen and oxygen atoms in total. The van der Waals surface area contributed by atoms with Crippen LogP contribution in [0.2, 0.25) is 39.3 Å². The minimum Gasteiger partial charge on any atom is -0.0656 e. The summed E-state index contributed by atoms with van der Waals surface area (Å²) < 4.78 is 0. The summed E-state index contributed by atoms with van der Waals surface area (Å²) in [5, 5.41) is 8.88. The molecule has 0 amide bonds. The van der Waals surface area contributed by atoms with Crippen LogP contribution in [0.25, 0.3) is 43.1 Å². The van der Waals surface area contributed by atoms with Gasteiger partial charge in [0.2, 0.25) is 0 Å². The predicted octanol–water partition coefficient (Wildman–Crippen LogP) is 8.90. The maximum absolute atomic E-state index is 2.52. The van der Waals surface area contributed by atoms with Gasteiger partial charge in [-0.25, -0.2) is 0 Å². The van der Waals surface area contributed by atoms with Crippen LogP contribution >= 0.6 is 0 Å². The summed E-state index contributed by atoms with van der Waals surface area (Å²) in [6.45, 7) is 15.1. The molecule has 0 bridgehead atoms. The first-order valence-corrected chi connectivity index (χ1v) is 18.7. The van der Waals surface area contributed by atoms with Crippen LogP contribution in [0.15, 0.2) is 72.8 Å². The summed E-state index contributed by atoms with van der Waals surface area (Å²) in [7, 11) is -3.28. The molecule has 4 aromatic carbocycles. The van der Waals surface area contributed by atoms with E-state index in [9.17, 15) is 0 Å². The molecular formula is C30H30Si2. The number of allylic oxidation sites excluding steroid dienone is 2. The van der Waals surface area contributed by atoms with E-state index in [0.29, 0.717) is 0 Å². The molecule has 6 rings (SSSR count). The summed E-state index contributed by atoms with van der Waals surface area (Å²) >= 11 is 0. The molecule has 4 aromatic rings. The van der Waals surface area contributed by atoms with Crippen molar-refractivity contribution < 1.29 is 0 Å². The minimum atomic E-state index is -1.64. The smallest absolute Gasteiger partial charge is 0.0656 e. The van der Waals surface area contributed by atoms with Gasteiger partial charge in [-0.3, -0.25) is 0 Å². The molecule has 0 unspecified atom stereocenters. The van der Waals surface area contributed by atoms with Crippen LogP contribution < -0.4 is 0 Å². The highest BCUT2D eigenvalue weighted by atomic mass is 28.3. The van der Waals surface area contributed by atoms with Crippen molar-refractivity contribution in [1.82, 2.24) is 0 Å². The van der Waals surface area contributed by atoms with Gasteiger partial charge in [-0.05, 0) is 65.3 Å². The Bertz CT molecular complexity index is 1400. The van der Waals surface area contributed by atoms with Gasteiger partial charge in [0.25, 0.3) is 0 Å². The zero-order chi connectivity index (χ0) is 22.4. The molecule has 2 heteroatoms. The minimum absolute atomic E-state index is 1.36. The molecule has 0 fully saturated rings. The van der Waals surface area contributed by atoms with Crippen molar-refractivity contribution in [2.75, 3.05) is 0 Å². The molecule has 158 valence electrons. The van der Waals surface area contributed by atoms with Gasteiger partial charge in [0.15, 0.2) is 0 Å². The molecule has 32 heavy (non-hydrogen) atoms. The molecule has 0 aromatic heterocycles. The van der Waals surface area contributed by atoms with E-state index in [1.165, 1.54) is 43.8 Å². The van der Waals surface area contributed by atoms with E-state index >= 15 is 0 Å². The maximum Gasteiger partial charge on any atom is 0.0792 e. The van der Waals surface area contributed by atoms with Gasteiger partial charge in [0.1, 0.15) is 0 Å². The molecule has 0 spiro atoms. The van der Waals surface area contributed by atoms with Crippen LogP contribution in [0.5, 0.6) is 0 Å². The van der Waals surface area contributed by atoms with Gasteiger partial charge in [-0.1, -0.05) is 112 Å². The van der Waals surface area contributed by atoms with Gasteiger partial charge in [0, 0.05) is 0 Å². The number of rotatable bonds is 2. The number of benzene rings is 4. The van der Waals surface area contributed by atoms with Gasteiger partial charge in [-0.2, -0.15) is 0 Å². The lowest BCUT2D eigenvalue weighted by atomic mass is 9.98. The summed E-state index contributed by atoms with van der Waals surface area (Å²) in [5.74, 6) is 0. The Morgan fingerprint density at radius 2 is 0.812 bits per heavy atom. The Kier molecular flexibility index (Phi) is 4.01. The van der Waals surface area contributed by atoms with Crippen molar-refractivity contribution in [1.29, 1.82) is 0 Å². The van der Waals surface area contributed by atoms with E-state index < -0.39 is 16.1 Å². The number of hydrogen-bond acceptors (Lipinski definition) is 0. The standard InChI is InChI=1S/C30H30Si2/c1-31(2,3)29-25-21-13-9-7-11-19(21)15-17-23(25)28-27(29)24-18-16-20-12-8-10-14-22(20)26(24)30(28)32(4,5)6/h7-18H,1-6H3. The van der Waals surface area contributed by atoms with Gasteiger partial charge in [0.05, 0.1) is 16.1 Å². The van der Waals surface area contributed by atoms with Crippen molar-refractivity contribution in [3.05, 3.63) is 95.1 Å². The molecule has 0 atom stereocenters. The van der Waals surface area contributed by atoms with Crippen LogP contribution in [-0.4, -0.2) is 16.1 Å². The molecule has 2 aliphatic rings. The van der Waals surface area contributed by atoms with Crippen molar-refractivity contribution in [3.8, 4) is 0 Å². The lowest BCUT2D eigenvalue weighted by Crippen LogP contribution is -2.23. The van der Waals surface area contributed by atoms with E-state index in [2.05, 4.69) is 112 Å². The van der Waals surface area contributed by atoms with Gasteiger partial charge >= 0.3 is 0 Å². The highest BCUT2D eigenvalue weighted by Crippen LogP contribution is 2.61. The van der Waals surface area contributed by atoms with Crippen molar-refractivity contribution in [3.63, 3.8) is 0 Å². The fourth-order valence-electron chi connectivity index (χ4n) is 6.04. The monoisotopic (exact) mass is 446 g/mol. The van der Waals surface area contributed by atoms with Gasteiger partial charge < -0.3 is 0 Å². The first-order chi connectivity index (χ1) is 15.2. The Balaban J connectivity index is 1.87. The van der Waals surface area contributed by atoms with Crippen LogP contribution in [0, 0.1) is 0 Å². The molecule has 0 radical (unpaired) electrons. The normalized spacial score (nSPS) is 15.6. The van der Waals surface area contributed by atoms with Crippen LogP contribution in [0.1, 0.15) is 22.3 Å². The number of fused-ring (bicyclic) bond motifs is 9. The molecular weight excluding hydrogens is 417 g/mol. The third-order valence-corrected chi connectivity index (χ3v) is 11.1. The summed E-state index contributed by atoms with van der Waals surface area (Å²) in [6.07, 6.45) is 0. The lowest BCUT2D eigenvalue weighted by molar-refractivity contribution is 1.62. The van der Waals surface area contributed by atoms with E-state index in [0.717, 1.165) is 0 Å². The molecule has 2 aliphatic carbocycles. The molecule has 0 aliphatic heterocycles. The fraction of sp³-hybridized carbons (Fsp3) is 0.200. The summed E-state index contributed by atoms with van der Waals surface area (Å²) in [5.41, 5.74) is 9.15.